The molecule has 0 aliphatic carbocycles. The number of nitrogens with one attached hydrogen (secondary N) is 1. The summed E-state index contributed by atoms with van der Waals surface area (Å²) in [6.45, 7) is 11.0. The maximum Gasteiger partial charge on any atom is 0.0466 e. The van der Waals surface area contributed by atoms with Crippen LogP contribution in [-0.2, 0) is 4.74 Å². The average Bonchev–Trinajstić information content (AvgIpc) is 2.34. The van der Waals surface area contributed by atoms with Gasteiger partial charge in [0.05, 0.1) is 0 Å². The molecule has 0 aromatic heterocycles. The topological polar surface area (TPSA) is 21.3 Å². The molecule has 0 atom stereocenters. The normalized spacial score (nSPS) is 11.3. The molecule has 0 bridgehead atoms. The van der Waals surface area contributed by atoms with Gasteiger partial charge in [0.1, 0.15) is 0 Å². The molecule has 0 saturated carbocycles. The standard InChI is InChI=1S/C16H35NO/c1-4-5-6-10-13-18-14-11-8-7-9-12-17-15-16(2)3/h16-17H,4-15H2,1-3H3. The Labute approximate surface area is 115 Å². The van der Waals surface area contributed by atoms with E-state index in [4.69, 9.17) is 4.74 Å². The number of rotatable bonds is 14. The van der Waals surface area contributed by atoms with Crippen molar-refractivity contribution < 1.29 is 4.74 Å². The lowest BCUT2D eigenvalue weighted by atomic mass is 10.2. The summed E-state index contributed by atoms with van der Waals surface area (Å²) in [5, 5.41) is 3.48. The van der Waals surface area contributed by atoms with Gasteiger partial charge in [0.15, 0.2) is 0 Å². The van der Waals surface area contributed by atoms with Crippen LogP contribution in [0.2, 0.25) is 0 Å². The molecule has 0 heterocycles. The van der Waals surface area contributed by atoms with Gasteiger partial charge in [-0.15, -0.1) is 0 Å². The zero-order valence-electron chi connectivity index (χ0n) is 13.0. The van der Waals surface area contributed by atoms with Crippen LogP contribution in [0, 0.1) is 5.92 Å². The fraction of sp³-hybridized carbons (Fsp3) is 1.00. The Morgan fingerprint density at radius 3 is 2.06 bits per heavy atom. The first-order chi connectivity index (χ1) is 8.77. The highest BCUT2D eigenvalue weighted by Crippen LogP contribution is 2.02. The molecule has 110 valence electrons. The summed E-state index contributed by atoms with van der Waals surface area (Å²) in [6, 6.07) is 0. The third-order valence-corrected chi connectivity index (χ3v) is 3.09. The highest BCUT2D eigenvalue weighted by molar-refractivity contribution is 4.52. The first-order valence-electron chi connectivity index (χ1n) is 8.05. The molecule has 0 unspecified atom stereocenters. The zero-order valence-corrected chi connectivity index (χ0v) is 13.0. The van der Waals surface area contributed by atoms with Crippen LogP contribution in [0.4, 0.5) is 0 Å². The summed E-state index contributed by atoms with van der Waals surface area (Å²) in [6.07, 6.45) is 10.4. The SMILES string of the molecule is CCCCCCOCCCCCCNCC(C)C. The Hall–Kier alpha value is -0.0800. The van der Waals surface area contributed by atoms with Crippen molar-refractivity contribution in [2.24, 2.45) is 5.92 Å². The Bertz CT molecular complexity index is 148. The van der Waals surface area contributed by atoms with Crippen LogP contribution in [0.25, 0.3) is 0 Å². The Balaban J connectivity index is 2.90. The van der Waals surface area contributed by atoms with Crippen LogP contribution in [0.3, 0.4) is 0 Å². The van der Waals surface area contributed by atoms with E-state index in [0.717, 1.165) is 25.7 Å². The molecule has 1 N–H and O–H groups in total. The second-order valence-electron chi connectivity index (χ2n) is 5.69. The molecule has 0 radical (unpaired) electrons. The third kappa shape index (κ3) is 15.9. The van der Waals surface area contributed by atoms with Crippen LogP contribution < -0.4 is 5.32 Å². The van der Waals surface area contributed by atoms with E-state index in [-0.39, 0.29) is 0 Å². The van der Waals surface area contributed by atoms with E-state index < -0.39 is 0 Å². The van der Waals surface area contributed by atoms with E-state index >= 15 is 0 Å². The monoisotopic (exact) mass is 257 g/mol. The van der Waals surface area contributed by atoms with E-state index in [1.807, 2.05) is 0 Å². The van der Waals surface area contributed by atoms with Gasteiger partial charge in [-0.2, -0.15) is 0 Å². The maximum absolute atomic E-state index is 5.62. The fourth-order valence-electron chi connectivity index (χ4n) is 1.93. The van der Waals surface area contributed by atoms with Crippen molar-refractivity contribution >= 4 is 0 Å². The van der Waals surface area contributed by atoms with E-state index in [9.17, 15) is 0 Å². The van der Waals surface area contributed by atoms with E-state index in [2.05, 4.69) is 26.1 Å². The number of ether oxygens (including phenoxy) is 1. The van der Waals surface area contributed by atoms with Crippen molar-refractivity contribution in [3.63, 3.8) is 0 Å². The first-order valence-corrected chi connectivity index (χ1v) is 8.05. The predicted molar refractivity (Wildman–Crippen MR) is 81.1 cm³/mol. The Morgan fingerprint density at radius 2 is 1.44 bits per heavy atom. The molecular weight excluding hydrogens is 222 g/mol. The molecule has 0 fully saturated rings. The summed E-state index contributed by atoms with van der Waals surface area (Å²) in [5.41, 5.74) is 0. The third-order valence-electron chi connectivity index (χ3n) is 3.09. The smallest absolute Gasteiger partial charge is 0.0466 e. The largest absolute Gasteiger partial charge is 0.381 e. The predicted octanol–water partition coefficient (Wildman–Crippen LogP) is 4.39. The van der Waals surface area contributed by atoms with Crippen LogP contribution >= 0.6 is 0 Å². The van der Waals surface area contributed by atoms with E-state index in [0.29, 0.717) is 0 Å². The van der Waals surface area contributed by atoms with Crippen LogP contribution in [0.15, 0.2) is 0 Å². The van der Waals surface area contributed by atoms with Gasteiger partial charge in [0.2, 0.25) is 0 Å². The number of hydrogen-bond acceptors (Lipinski definition) is 2. The highest BCUT2D eigenvalue weighted by Gasteiger charge is 1.94. The van der Waals surface area contributed by atoms with Crippen molar-refractivity contribution in [2.75, 3.05) is 26.3 Å². The van der Waals surface area contributed by atoms with Gasteiger partial charge < -0.3 is 10.1 Å². The molecule has 0 aromatic rings. The quantitative estimate of drug-likeness (QED) is 0.466. The van der Waals surface area contributed by atoms with Gasteiger partial charge in [-0.05, 0) is 38.3 Å². The minimum atomic E-state index is 0.770. The lowest BCUT2D eigenvalue weighted by Gasteiger charge is -2.07. The van der Waals surface area contributed by atoms with Gasteiger partial charge in [0.25, 0.3) is 0 Å². The lowest BCUT2D eigenvalue weighted by Crippen LogP contribution is -2.20. The molecule has 18 heavy (non-hydrogen) atoms. The summed E-state index contributed by atoms with van der Waals surface area (Å²) in [7, 11) is 0. The average molecular weight is 257 g/mol. The van der Waals surface area contributed by atoms with Gasteiger partial charge in [-0.25, -0.2) is 0 Å². The minimum Gasteiger partial charge on any atom is -0.381 e. The van der Waals surface area contributed by atoms with Crippen molar-refractivity contribution in [1.29, 1.82) is 0 Å². The summed E-state index contributed by atoms with van der Waals surface area (Å²) in [4.78, 5) is 0. The number of unbranched alkanes of at least 4 members (excludes halogenated alkanes) is 6. The molecule has 0 aromatic carbocycles. The van der Waals surface area contributed by atoms with Crippen molar-refractivity contribution in [3.8, 4) is 0 Å². The van der Waals surface area contributed by atoms with Crippen molar-refractivity contribution in [2.45, 2.75) is 72.1 Å². The van der Waals surface area contributed by atoms with Crippen LogP contribution in [0.5, 0.6) is 0 Å². The summed E-state index contributed by atoms with van der Waals surface area (Å²) in [5.74, 6) is 0.770. The second-order valence-corrected chi connectivity index (χ2v) is 5.69. The molecule has 2 nitrogen and oxygen atoms in total. The minimum absolute atomic E-state index is 0.770. The highest BCUT2D eigenvalue weighted by atomic mass is 16.5. The molecule has 0 aliphatic rings. The fourth-order valence-corrected chi connectivity index (χ4v) is 1.93. The molecule has 0 aliphatic heterocycles. The molecule has 0 spiro atoms. The van der Waals surface area contributed by atoms with Gasteiger partial charge in [0, 0.05) is 13.2 Å². The molecule has 0 rings (SSSR count). The van der Waals surface area contributed by atoms with Gasteiger partial charge in [-0.1, -0.05) is 52.9 Å². The molecular formula is C16H35NO. The van der Waals surface area contributed by atoms with Gasteiger partial charge in [-0.3, -0.25) is 0 Å². The van der Waals surface area contributed by atoms with Crippen LogP contribution in [-0.4, -0.2) is 26.3 Å². The van der Waals surface area contributed by atoms with E-state index in [1.165, 1.54) is 57.9 Å². The first kappa shape index (κ1) is 17.9. The maximum atomic E-state index is 5.62. The summed E-state index contributed by atoms with van der Waals surface area (Å²) >= 11 is 0. The lowest BCUT2D eigenvalue weighted by molar-refractivity contribution is 0.126. The van der Waals surface area contributed by atoms with Crippen molar-refractivity contribution in [3.05, 3.63) is 0 Å². The second kappa shape index (κ2) is 15.0. The van der Waals surface area contributed by atoms with E-state index in [1.54, 1.807) is 0 Å². The summed E-state index contributed by atoms with van der Waals surface area (Å²) < 4.78 is 5.62. The Morgan fingerprint density at radius 1 is 0.833 bits per heavy atom. The zero-order chi connectivity index (χ0) is 13.5. The van der Waals surface area contributed by atoms with Gasteiger partial charge >= 0.3 is 0 Å². The molecule has 0 amide bonds. The molecule has 0 saturated heterocycles. The van der Waals surface area contributed by atoms with Crippen molar-refractivity contribution in [1.82, 2.24) is 5.32 Å². The van der Waals surface area contributed by atoms with Crippen LogP contribution in [0.1, 0.15) is 72.1 Å². The molecule has 2 heteroatoms. The number of hydrogen-bond donors (Lipinski definition) is 1. The Kier molecular flexibility index (Phi) is 14.9.